The third-order valence-corrected chi connectivity index (χ3v) is 4.35. The van der Waals surface area contributed by atoms with Crippen LogP contribution in [-0.4, -0.2) is 22.5 Å². The number of halogens is 3. The Hall–Kier alpha value is -0.910. The Morgan fingerprint density at radius 3 is 2.71 bits per heavy atom. The molecule has 1 aromatic rings. The van der Waals surface area contributed by atoms with Crippen LogP contribution in [0.2, 0.25) is 0 Å². The molecule has 0 aromatic carbocycles. The molecular formula is C11H13F3N2S. The molecule has 1 N–H and O–H groups in total. The zero-order valence-corrected chi connectivity index (χ0v) is 10.2. The minimum Gasteiger partial charge on any atom is -0.368 e. The van der Waals surface area contributed by atoms with Crippen molar-refractivity contribution in [2.24, 2.45) is 0 Å². The van der Waals surface area contributed by atoms with E-state index >= 15 is 0 Å². The summed E-state index contributed by atoms with van der Waals surface area (Å²) in [5.41, 5.74) is -0.697. The summed E-state index contributed by atoms with van der Waals surface area (Å²) in [6.07, 6.45) is 1.10. The highest BCUT2D eigenvalue weighted by Crippen LogP contribution is 2.47. The molecule has 94 valence electrons. The van der Waals surface area contributed by atoms with Gasteiger partial charge < -0.3 is 5.32 Å². The van der Waals surface area contributed by atoms with Crippen LogP contribution in [0.15, 0.2) is 18.3 Å². The molecule has 1 saturated carbocycles. The molecule has 0 bridgehead atoms. The first-order chi connectivity index (χ1) is 7.97. The van der Waals surface area contributed by atoms with E-state index in [1.54, 1.807) is 11.8 Å². The van der Waals surface area contributed by atoms with Crippen molar-refractivity contribution in [3.63, 3.8) is 0 Å². The van der Waals surface area contributed by atoms with Crippen molar-refractivity contribution in [3.8, 4) is 0 Å². The third kappa shape index (κ3) is 2.86. The molecule has 0 radical (unpaired) electrons. The summed E-state index contributed by atoms with van der Waals surface area (Å²) in [6.45, 7) is 0.536. The molecule has 0 aliphatic heterocycles. The van der Waals surface area contributed by atoms with Crippen molar-refractivity contribution in [1.29, 1.82) is 0 Å². The predicted octanol–water partition coefficient (Wildman–Crippen LogP) is 3.41. The monoisotopic (exact) mass is 262 g/mol. The molecule has 1 fully saturated rings. The van der Waals surface area contributed by atoms with Crippen molar-refractivity contribution in [2.45, 2.75) is 23.8 Å². The average Bonchev–Trinajstić information content (AvgIpc) is 3.06. The van der Waals surface area contributed by atoms with Crippen LogP contribution in [0, 0.1) is 0 Å². The first kappa shape index (κ1) is 12.5. The van der Waals surface area contributed by atoms with Crippen molar-refractivity contribution >= 4 is 17.6 Å². The maximum absolute atomic E-state index is 12.7. The lowest BCUT2D eigenvalue weighted by molar-refractivity contribution is -0.137. The van der Waals surface area contributed by atoms with Gasteiger partial charge in [0, 0.05) is 17.5 Å². The molecule has 0 spiro atoms. The Balaban J connectivity index is 2.10. The zero-order valence-electron chi connectivity index (χ0n) is 9.34. The first-order valence-corrected chi connectivity index (χ1v) is 6.51. The van der Waals surface area contributed by atoms with Crippen LogP contribution >= 0.6 is 11.8 Å². The molecule has 6 heteroatoms. The number of thioether (sulfide) groups is 1. The number of nitrogens with zero attached hydrogens (tertiary/aromatic N) is 1. The van der Waals surface area contributed by atoms with Crippen LogP contribution in [0.3, 0.4) is 0 Å². The highest BCUT2D eigenvalue weighted by Gasteiger charge is 2.42. The predicted molar refractivity (Wildman–Crippen MR) is 63.2 cm³/mol. The smallest absolute Gasteiger partial charge is 0.368 e. The highest BCUT2D eigenvalue weighted by molar-refractivity contribution is 8.00. The van der Waals surface area contributed by atoms with E-state index < -0.39 is 11.7 Å². The van der Waals surface area contributed by atoms with E-state index in [4.69, 9.17) is 0 Å². The van der Waals surface area contributed by atoms with Gasteiger partial charge in [-0.05, 0) is 31.2 Å². The summed E-state index contributed by atoms with van der Waals surface area (Å²) in [7, 11) is 0. The number of alkyl halides is 3. The summed E-state index contributed by atoms with van der Waals surface area (Å²) >= 11 is 1.70. The second-order valence-corrected chi connectivity index (χ2v) is 5.41. The minimum atomic E-state index is -4.35. The van der Waals surface area contributed by atoms with Gasteiger partial charge in [-0.2, -0.15) is 24.9 Å². The molecule has 2 nitrogen and oxygen atoms in total. The summed E-state index contributed by atoms with van der Waals surface area (Å²) in [5.74, 6) is -0.0691. The largest absolute Gasteiger partial charge is 0.419 e. The number of hydrogen-bond donors (Lipinski definition) is 1. The summed E-state index contributed by atoms with van der Waals surface area (Å²) in [4.78, 5) is 3.77. The highest BCUT2D eigenvalue weighted by atomic mass is 32.2. The Labute approximate surface area is 102 Å². The second-order valence-electron chi connectivity index (χ2n) is 4.14. The van der Waals surface area contributed by atoms with Crippen molar-refractivity contribution in [3.05, 3.63) is 23.9 Å². The second kappa shape index (κ2) is 4.40. The molecule has 2 rings (SSSR count). The Morgan fingerprint density at radius 1 is 1.47 bits per heavy atom. The maximum atomic E-state index is 12.7. The lowest BCUT2D eigenvalue weighted by Gasteiger charge is -2.16. The van der Waals surface area contributed by atoms with Crippen LogP contribution in [0.1, 0.15) is 18.4 Å². The Bertz CT molecular complexity index is 402. The number of pyridine rings is 1. The van der Waals surface area contributed by atoms with Gasteiger partial charge in [0.15, 0.2) is 0 Å². The molecule has 0 unspecified atom stereocenters. The van der Waals surface area contributed by atoms with Crippen LogP contribution in [0.4, 0.5) is 19.0 Å². The van der Waals surface area contributed by atoms with Gasteiger partial charge in [0.25, 0.3) is 0 Å². The lowest BCUT2D eigenvalue weighted by Crippen LogP contribution is -2.20. The quantitative estimate of drug-likeness (QED) is 0.900. The van der Waals surface area contributed by atoms with Crippen LogP contribution in [0.5, 0.6) is 0 Å². The van der Waals surface area contributed by atoms with E-state index in [0.29, 0.717) is 6.54 Å². The fourth-order valence-corrected chi connectivity index (χ4v) is 2.34. The van der Waals surface area contributed by atoms with E-state index in [9.17, 15) is 13.2 Å². The number of rotatable bonds is 4. The molecule has 17 heavy (non-hydrogen) atoms. The van der Waals surface area contributed by atoms with Gasteiger partial charge in [0.2, 0.25) is 0 Å². The van der Waals surface area contributed by atoms with Crippen molar-refractivity contribution in [2.75, 3.05) is 18.1 Å². The zero-order chi connectivity index (χ0) is 12.5. The van der Waals surface area contributed by atoms with Gasteiger partial charge >= 0.3 is 6.18 Å². The maximum Gasteiger partial charge on any atom is 0.419 e. The fourth-order valence-electron chi connectivity index (χ4n) is 1.61. The van der Waals surface area contributed by atoms with E-state index in [1.165, 1.54) is 12.3 Å². The molecule has 1 aromatic heterocycles. The van der Waals surface area contributed by atoms with Gasteiger partial charge in [0.05, 0.1) is 5.56 Å². The summed E-state index contributed by atoms with van der Waals surface area (Å²) < 4.78 is 38.2. The van der Waals surface area contributed by atoms with Gasteiger partial charge in [-0.3, -0.25) is 0 Å². The van der Waals surface area contributed by atoms with Gasteiger partial charge in [0.1, 0.15) is 5.82 Å². The SMILES string of the molecule is CSC1(CNc2ncccc2C(F)(F)F)CC1. The standard InChI is InChI=1S/C11H13F3N2S/c1-17-10(4-5-10)7-16-9-8(11(12,13)14)3-2-6-15-9/h2-3,6H,4-5,7H2,1H3,(H,15,16). The van der Waals surface area contributed by atoms with Crippen LogP contribution in [0.25, 0.3) is 0 Å². The number of aromatic nitrogens is 1. The van der Waals surface area contributed by atoms with Gasteiger partial charge in [-0.25, -0.2) is 4.98 Å². The number of anilines is 1. The van der Waals surface area contributed by atoms with Crippen LogP contribution < -0.4 is 5.32 Å². The fraction of sp³-hybridized carbons (Fsp3) is 0.545. The molecule has 1 aliphatic carbocycles. The van der Waals surface area contributed by atoms with Gasteiger partial charge in [-0.1, -0.05) is 0 Å². The lowest BCUT2D eigenvalue weighted by atomic mass is 10.2. The molecule has 0 amide bonds. The number of hydrogen-bond acceptors (Lipinski definition) is 3. The summed E-state index contributed by atoms with van der Waals surface area (Å²) in [6, 6.07) is 2.35. The van der Waals surface area contributed by atoms with Crippen molar-refractivity contribution in [1.82, 2.24) is 4.98 Å². The average molecular weight is 262 g/mol. The van der Waals surface area contributed by atoms with E-state index in [0.717, 1.165) is 18.9 Å². The molecule has 1 aliphatic rings. The normalized spacial score (nSPS) is 17.9. The van der Waals surface area contributed by atoms with E-state index in [-0.39, 0.29) is 10.6 Å². The van der Waals surface area contributed by atoms with Crippen LogP contribution in [-0.2, 0) is 6.18 Å². The molecule has 0 atom stereocenters. The minimum absolute atomic E-state index is 0.0691. The number of nitrogens with one attached hydrogen (secondary N) is 1. The Kier molecular flexibility index (Phi) is 3.25. The van der Waals surface area contributed by atoms with E-state index in [2.05, 4.69) is 10.3 Å². The molecular weight excluding hydrogens is 249 g/mol. The molecule has 0 saturated heterocycles. The molecule has 1 heterocycles. The topological polar surface area (TPSA) is 24.9 Å². The van der Waals surface area contributed by atoms with Crippen molar-refractivity contribution < 1.29 is 13.2 Å². The summed E-state index contributed by atoms with van der Waals surface area (Å²) in [5, 5.41) is 2.82. The van der Waals surface area contributed by atoms with Gasteiger partial charge in [-0.15, -0.1) is 0 Å². The van der Waals surface area contributed by atoms with E-state index in [1.807, 2.05) is 6.26 Å². The first-order valence-electron chi connectivity index (χ1n) is 5.28. The Morgan fingerprint density at radius 2 is 2.18 bits per heavy atom. The third-order valence-electron chi connectivity index (χ3n) is 2.93.